The highest BCUT2D eigenvalue weighted by Gasteiger charge is 2.30. The zero-order valence-electron chi connectivity index (χ0n) is 15.9. The van der Waals surface area contributed by atoms with E-state index in [0.29, 0.717) is 12.3 Å². The van der Waals surface area contributed by atoms with E-state index in [-0.39, 0.29) is 0 Å². The van der Waals surface area contributed by atoms with E-state index in [2.05, 4.69) is 23.1 Å². The normalized spacial score (nSPS) is 19.2. The summed E-state index contributed by atoms with van der Waals surface area (Å²) in [4.78, 5) is 4.85. The zero-order chi connectivity index (χ0) is 19.0. The summed E-state index contributed by atoms with van der Waals surface area (Å²) in [5.74, 6) is 1.88. The third-order valence-corrected chi connectivity index (χ3v) is 5.73. The zero-order valence-corrected chi connectivity index (χ0v) is 16.7. The maximum atomic E-state index is 12.8. The van der Waals surface area contributed by atoms with Crippen LogP contribution in [0.25, 0.3) is 0 Å². The van der Waals surface area contributed by atoms with Crippen molar-refractivity contribution in [2.24, 2.45) is 5.92 Å². The van der Waals surface area contributed by atoms with Crippen LogP contribution >= 0.6 is 11.8 Å². The summed E-state index contributed by atoms with van der Waals surface area (Å²) in [6.45, 7) is 5.22. The smallest absolute Gasteiger partial charge is 0.306 e. The first kappa shape index (κ1) is 21.6. The summed E-state index contributed by atoms with van der Waals surface area (Å²) in [6, 6.07) is 5.76. The predicted octanol–water partition coefficient (Wildman–Crippen LogP) is 4.64. The molecule has 1 heterocycles. The molecule has 0 aromatic heterocycles. The van der Waals surface area contributed by atoms with Crippen molar-refractivity contribution in [2.45, 2.75) is 31.9 Å². The van der Waals surface area contributed by atoms with E-state index in [1.54, 1.807) is 6.07 Å². The van der Waals surface area contributed by atoms with E-state index < -0.39 is 11.7 Å². The molecule has 1 saturated heterocycles. The molecule has 0 saturated carbocycles. The lowest BCUT2D eigenvalue weighted by Gasteiger charge is -2.34. The Kier molecular flexibility index (Phi) is 8.77. The lowest BCUT2D eigenvalue weighted by molar-refractivity contribution is -0.137. The molecule has 1 atom stereocenters. The maximum Gasteiger partial charge on any atom is 0.416 e. The van der Waals surface area contributed by atoms with Crippen molar-refractivity contribution in [3.8, 4) is 0 Å². The Hall–Kier alpha value is -0.720. The van der Waals surface area contributed by atoms with E-state index in [4.69, 9.17) is 0 Å². The van der Waals surface area contributed by atoms with Crippen LogP contribution in [0.2, 0.25) is 0 Å². The molecule has 1 aromatic carbocycles. The minimum Gasteiger partial charge on any atom is -0.306 e. The van der Waals surface area contributed by atoms with Gasteiger partial charge < -0.3 is 9.80 Å². The van der Waals surface area contributed by atoms with Gasteiger partial charge in [-0.3, -0.25) is 0 Å². The molecule has 148 valence electrons. The maximum absolute atomic E-state index is 12.8. The number of nitrogens with zero attached hydrogens (tertiary/aromatic N) is 2. The van der Waals surface area contributed by atoms with Crippen LogP contribution in [0.3, 0.4) is 0 Å². The molecule has 0 amide bonds. The monoisotopic (exact) mass is 388 g/mol. The van der Waals surface area contributed by atoms with Crippen LogP contribution in [0.5, 0.6) is 0 Å². The fourth-order valence-electron chi connectivity index (χ4n) is 3.70. The number of piperidine rings is 1. The first-order valence-electron chi connectivity index (χ1n) is 9.44. The molecule has 1 aliphatic rings. The Bertz CT molecular complexity index is 536. The Labute approximate surface area is 160 Å². The third-order valence-electron chi connectivity index (χ3n) is 5.03. The third kappa shape index (κ3) is 7.49. The fourth-order valence-corrected chi connectivity index (χ4v) is 4.12. The Balaban J connectivity index is 1.78. The second kappa shape index (κ2) is 10.6. The second-order valence-corrected chi connectivity index (χ2v) is 8.35. The van der Waals surface area contributed by atoms with Gasteiger partial charge in [-0.15, -0.1) is 0 Å². The second-order valence-electron chi connectivity index (χ2n) is 7.37. The molecule has 0 spiro atoms. The van der Waals surface area contributed by atoms with Gasteiger partial charge in [0.2, 0.25) is 0 Å². The fraction of sp³-hybridized carbons (Fsp3) is 0.700. The topological polar surface area (TPSA) is 6.48 Å². The van der Waals surface area contributed by atoms with Crippen LogP contribution < -0.4 is 0 Å². The van der Waals surface area contributed by atoms with Crippen molar-refractivity contribution in [1.29, 1.82) is 0 Å². The van der Waals surface area contributed by atoms with E-state index in [1.807, 2.05) is 11.8 Å². The Morgan fingerprint density at radius 3 is 2.85 bits per heavy atom. The van der Waals surface area contributed by atoms with Crippen LogP contribution in [0.1, 0.15) is 30.4 Å². The van der Waals surface area contributed by atoms with Gasteiger partial charge in [0, 0.05) is 19.6 Å². The summed E-state index contributed by atoms with van der Waals surface area (Å²) in [7, 11) is 2.20. The molecular weight excluding hydrogens is 357 g/mol. The van der Waals surface area contributed by atoms with Gasteiger partial charge in [0.05, 0.1) is 5.56 Å². The quantitative estimate of drug-likeness (QED) is 0.569. The molecule has 0 unspecified atom stereocenters. The first-order chi connectivity index (χ1) is 12.4. The summed E-state index contributed by atoms with van der Waals surface area (Å²) < 4.78 is 38.5. The number of benzene rings is 1. The molecule has 0 aliphatic carbocycles. The highest BCUT2D eigenvalue weighted by Crippen LogP contribution is 2.29. The molecule has 0 N–H and O–H groups in total. The summed E-state index contributed by atoms with van der Waals surface area (Å²) in [6.07, 6.45) is 2.24. The average Bonchev–Trinajstić information content (AvgIpc) is 2.60. The molecule has 2 nitrogen and oxygen atoms in total. The Morgan fingerprint density at radius 1 is 1.31 bits per heavy atom. The van der Waals surface area contributed by atoms with Crippen LogP contribution in [0.15, 0.2) is 24.3 Å². The average molecular weight is 389 g/mol. The van der Waals surface area contributed by atoms with E-state index in [9.17, 15) is 13.2 Å². The van der Waals surface area contributed by atoms with Crippen LogP contribution in [0.4, 0.5) is 13.2 Å². The molecular formula is C20H31F3N2S. The van der Waals surface area contributed by atoms with Gasteiger partial charge in [-0.1, -0.05) is 18.2 Å². The van der Waals surface area contributed by atoms with Gasteiger partial charge in [-0.25, -0.2) is 0 Å². The Morgan fingerprint density at radius 2 is 2.12 bits per heavy atom. The first-order valence-corrected chi connectivity index (χ1v) is 10.8. The predicted molar refractivity (Wildman–Crippen MR) is 105 cm³/mol. The molecule has 1 aliphatic heterocycles. The minimum atomic E-state index is -4.26. The van der Waals surface area contributed by atoms with Gasteiger partial charge in [0.1, 0.15) is 0 Å². The number of halogens is 3. The van der Waals surface area contributed by atoms with Gasteiger partial charge >= 0.3 is 6.18 Å². The molecule has 1 aromatic rings. The molecule has 6 heteroatoms. The highest BCUT2D eigenvalue weighted by atomic mass is 32.2. The van der Waals surface area contributed by atoms with Crippen molar-refractivity contribution in [2.75, 3.05) is 51.8 Å². The van der Waals surface area contributed by atoms with Crippen LogP contribution in [-0.2, 0) is 12.6 Å². The van der Waals surface area contributed by atoms with E-state index in [0.717, 1.165) is 44.4 Å². The van der Waals surface area contributed by atoms with Crippen molar-refractivity contribution in [3.05, 3.63) is 35.4 Å². The van der Waals surface area contributed by atoms with E-state index >= 15 is 0 Å². The van der Waals surface area contributed by atoms with Crippen LogP contribution in [0, 0.1) is 5.92 Å². The summed E-state index contributed by atoms with van der Waals surface area (Å²) in [5.41, 5.74) is 0.231. The van der Waals surface area contributed by atoms with Crippen molar-refractivity contribution in [3.63, 3.8) is 0 Å². The number of hydrogen-bond acceptors (Lipinski definition) is 3. The van der Waals surface area contributed by atoms with Crippen molar-refractivity contribution >= 4 is 11.8 Å². The lowest BCUT2D eigenvalue weighted by atomic mass is 9.97. The number of rotatable bonds is 9. The van der Waals surface area contributed by atoms with E-state index in [1.165, 1.54) is 37.1 Å². The number of thioether (sulfide) groups is 1. The largest absolute Gasteiger partial charge is 0.416 e. The summed E-state index contributed by atoms with van der Waals surface area (Å²) in [5, 5.41) is 0. The van der Waals surface area contributed by atoms with Gasteiger partial charge in [-0.2, -0.15) is 24.9 Å². The molecule has 2 rings (SSSR count). The minimum absolute atomic E-state index is 0.543. The number of likely N-dealkylation sites (tertiary alicyclic amines) is 1. The summed E-state index contributed by atoms with van der Waals surface area (Å²) >= 11 is 1.89. The standard InChI is InChI=1S/C20H31F3N2S/c1-24(10-5-13-26-2)15-18-7-4-11-25(16-18)12-9-17-6-3-8-19(14-17)20(21,22)23/h3,6,8,14,18H,4-5,7,9-13,15-16H2,1-2H3/t18-/m0/s1. The van der Waals surface area contributed by atoms with Gasteiger partial charge in [0.15, 0.2) is 0 Å². The number of hydrogen-bond donors (Lipinski definition) is 0. The molecule has 1 fully saturated rings. The molecule has 0 bridgehead atoms. The van der Waals surface area contributed by atoms with Crippen LogP contribution in [-0.4, -0.2) is 61.6 Å². The molecule has 0 radical (unpaired) electrons. The van der Waals surface area contributed by atoms with Crippen molar-refractivity contribution < 1.29 is 13.2 Å². The SMILES string of the molecule is CSCCCN(C)C[C@@H]1CCCN(CCc2cccc(C(F)(F)F)c2)C1. The molecule has 26 heavy (non-hydrogen) atoms. The van der Waals surface area contributed by atoms with Gasteiger partial charge in [0.25, 0.3) is 0 Å². The van der Waals surface area contributed by atoms with Crippen molar-refractivity contribution in [1.82, 2.24) is 9.80 Å². The number of alkyl halides is 3. The van der Waals surface area contributed by atoms with Gasteiger partial charge in [-0.05, 0) is 75.4 Å². The highest BCUT2D eigenvalue weighted by molar-refractivity contribution is 7.98. The lowest BCUT2D eigenvalue weighted by Crippen LogP contribution is -2.41.